The zero-order valence-electron chi connectivity index (χ0n) is 18.1. The molecule has 0 saturated heterocycles. The van der Waals surface area contributed by atoms with Crippen molar-refractivity contribution >= 4 is 28.2 Å². The van der Waals surface area contributed by atoms with Crippen molar-refractivity contribution in [2.75, 3.05) is 23.8 Å². The van der Waals surface area contributed by atoms with Crippen molar-refractivity contribution in [1.82, 2.24) is 19.1 Å². The molecule has 0 fully saturated rings. The third-order valence-corrected chi connectivity index (χ3v) is 5.09. The number of aliphatic hydroxyl groups is 1. The van der Waals surface area contributed by atoms with Gasteiger partial charge in [-0.15, -0.1) is 0 Å². The van der Waals surface area contributed by atoms with E-state index < -0.39 is 16.2 Å². The van der Waals surface area contributed by atoms with E-state index in [2.05, 4.69) is 20.6 Å². The number of aromatic nitrogens is 4. The Morgan fingerprint density at radius 2 is 1.97 bits per heavy atom. The number of nitro groups is 1. The van der Waals surface area contributed by atoms with Crippen LogP contribution < -0.4 is 21.9 Å². The monoisotopic (exact) mass is 445 g/mol. The summed E-state index contributed by atoms with van der Waals surface area (Å²) in [6.07, 6.45) is 1.65. The maximum atomic E-state index is 12.5. The average molecular weight is 445 g/mol. The second-order valence-corrected chi connectivity index (χ2v) is 7.20. The molecule has 3 rings (SSSR count). The van der Waals surface area contributed by atoms with E-state index in [1.807, 2.05) is 13.8 Å². The number of rotatable bonds is 11. The SMILES string of the molecule is CCCCn1c(=O)[nH]c(=O)c2c1nc(CNc1cc([N+](=O)[O-])ccc1NCCO)n2CC. The van der Waals surface area contributed by atoms with Gasteiger partial charge in [-0.2, -0.15) is 0 Å². The van der Waals surface area contributed by atoms with Gasteiger partial charge in [0, 0.05) is 31.8 Å². The third kappa shape index (κ3) is 4.64. The number of aryl methyl sites for hydroxylation is 2. The number of nitro benzene ring substituents is 1. The molecule has 0 spiro atoms. The summed E-state index contributed by atoms with van der Waals surface area (Å²) < 4.78 is 3.19. The summed E-state index contributed by atoms with van der Waals surface area (Å²) in [5, 5.41) is 26.4. The molecule has 1 aromatic carbocycles. The Balaban J connectivity index is 2.02. The fourth-order valence-corrected chi connectivity index (χ4v) is 3.53. The Labute approximate surface area is 183 Å². The maximum Gasteiger partial charge on any atom is 0.330 e. The summed E-state index contributed by atoms with van der Waals surface area (Å²) in [6, 6.07) is 4.33. The van der Waals surface area contributed by atoms with Gasteiger partial charge in [-0.25, -0.2) is 9.78 Å². The third-order valence-electron chi connectivity index (χ3n) is 5.09. The first kappa shape index (κ1) is 23.0. The summed E-state index contributed by atoms with van der Waals surface area (Å²) in [7, 11) is 0. The van der Waals surface area contributed by atoms with Gasteiger partial charge < -0.3 is 20.3 Å². The number of non-ortho nitro benzene ring substituents is 1. The number of imidazole rings is 1. The van der Waals surface area contributed by atoms with E-state index in [1.54, 1.807) is 10.6 Å². The molecular formula is C20H27N7O5. The minimum absolute atomic E-state index is 0.0871. The van der Waals surface area contributed by atoms with Crippen molar-refractivity contribution < 1.29 is 10.0 Å². The minimum atomic E-state index is -0.501. The molecule has 4 N–H and O–H groups in total. The standard InChI is InChI=1S/C20H27N7O5/c1-3-5-9-26-18-17(19(29)24-20(26)30)25(4-2)16(23-18)12-22-15-11-13(27(31)32)6-7-14(15)21-8-10-28/h6-7,11,21-22,28H,3-5,8-10,12H2,1-2H3,(H,24,29,30). The quantitative estimate of drug-likeness (QED) is 0.256. The predicted octanol–water partition coefficient (Wildman–Crippen LogP) is 1.63. The van der Waals surface area contributed by atoms with Crippen LogP contribution in [0.1, 0.15) is 32.5 Å². The summed E-state index contributed by atoms with van der Waals surface area (Å²) in [5.41, 5.74) is 0.600. The van der Waals surface area contributed by atoms with Gasteiger partial charge in [-0.3, -0.25) is 24.5 Å². The highest BCUT2D eigenvalue weighted by Gasteiger charge is 2.18. The maximum absolute atomic E-state index is 12.5. The summed E-state index contributed by atoms with van der Waals surface area (Å²) in [6.45, 7) is 5.12. The highest BCUT2D eigenvalue weighted by molar-refractivity contribution is 5.73. The van der Waals surface area contributed by atoms with E-state index in [1.165, 1.54) is 16.7 Å². The largest absolute Gasteiger partial charge is 0.395 e. The van der Waals surface area contributed by atoms with Crippen molar-refractivity contribution in [2.45, 2.75) is 46.3 Å². The van der Waals surface area contributed by atoms with E-state index in [4.69, 9.17) is 5.11 Å². The Bertz CT molecular complexity index is 1230. The van der Waals surface area contributed by atoms with E-state index in [9.17, 15) is 19.7 Å². The van der Waals surface area contributed by atoms with Crippen LogP contribution in [0.2, 0.25) is 0 Å². The number of fused-ring (bicyclic) bond motifs is 1. The van der Waals surface area contributed by atoms with Gasteiger partial charge >= 0.3 is 5.69 Å². The number of hydrogen-bond acceptors (Lipinski definition) is 8. The van der Waals surface area contributed by atoms with Gasteiger partial charge in [0.05, 0.1) is 29.4 Å². The Kier molecular flexibility index (Phi) is 7.25. The van der Waals surface area contributed by atoms with Crippen LogP contribution >= 0.6 is 0 Å². The highest BCUT2D eigenvalue weighted by atomic mass is 16.6. The minimum Gasteiger partial charge on any atom is -0.395 e. The molecule has 3 aromatic rings. The Morgan fingerprint density at radius 3 is 2.62 bits per heavy atom. The topological polar surface area (TPSA) is 160 Å². The number of hydrogen-bond donors (Lipinski definition) is 4. The number of aromatic amines is 1. The van der Waals surface area contributed by atoms with Crippen molar-refractivity contribution in [1.29, 1.82) is 0 Å². The van der Waals surface area contributed by atoms with Gasteiger partial charge in [0.1, 0.15) is 5.82 Å². The number of nitrogens with zero attached hydrogens (tertiary/aromatic N) is 4. The molecule has 0 saturated carbocycles. The first-order chi connectivity index (χ1) is 15.4. The Morgan fingerprint density at radius 1 is 1.19 bits per heavy atom. The summed E-state index contributed by atoms with van der Waals surface area (Å²) in [5.74, 6) is 0.517. The molecule has 12 nitrogen and oxygen atoms in total. The lowest BCUT2D eigenvalue weighted by Crippen LogP contribution is -2.31. The van der Waals surface area contributed by atoms with Crippen molar-refractivity contribution in [3.05, 3.63) is 55.0 Å². The van der Waals surface area contributed by atoms with E-state index in [0.717, 1.165) is 12.8 Å². The number of benzene rings is 1. The fraction of sp³-hybridized carbons (Fsp3) is 0.450. The van der Waals surface area contributed by atoms with Crippen LogP contribution in [-0.4, -0.2) is 42.3 Å². The lowest BCUT2D eigenvalue weighted by molar-refractivity contribution is -0.384. The van der Waals surface area contributed by atoms with Gasteiger partial charge in [0.25, 0.3) is 11.2 Å². The molecule has 0 aliphatic heterocycles. The van der Waals surface area contributed by atoms with Gasteiger partial charge in [-0.1, -0.05) is 13.3 Å². The average Bonchev–Trinajstić information content (AvgIpc) is 3.15. The molecule has 12 heteroatoms. The van der Waals surface area contributed by atoms with E-state index >= 15 is 0 Å². The van der Waals surface area contributed by atoms with Gasteiger partial charge in [0.2, 0.25) is 0 Å². The van der Waals surface area contributed by atoms with Crippen LogP contribution in [0.25, 0.3) is 11.2 Å². The molecular weight excluding hydrogens is 418 g/mol. The molecule has 0 aliphatic carbocycles. The smallest absolute Gasteiger partial charge is 0.330 e. The van der Waals surface area contributed by atoms with Crippen molar-refractivity contribution in [3.8, 4) is 0 Å². The van der Waals surface area contributed by atoms with Crippen molar-refractivity contribution in [2.24, 2.45) is 0 Å². The second kappa shape index (κ2) is 10.1. The molecule has 0 aliphatic rings. The van der Waals surface area contributed by atoms with Crippen LogP contribution in [0.3, 0.4) is 0 Å². The number of H-pyrrole nitrogens is 1. The zero-order chi connectivity index (χ0) is 23.3. The van der Waals surface area contributed by atoms with Crippen LogP contribution in [0, 0.1) is 10.1 Å². The first-order valence-corrected chi connectivity index (χ1v) is 10.5. The number of aliphatic hydroxyl groups excluding tert-OH is 1. The van der Waals surface area contributed by atoms with Crippen LogP contribution in [0.5, 0.6) is 0 Å². The summed E-state index contributed by atoms with van der Waals surface area (Å²) in [4.78, 5) is 42.5. The molecule has 2 heterocycles. The molecule has 0 amide bonds. The Hall–Kier alpha value is -3.67. The predicted molar refractivity (Wildman–Crippen MR) is 121 cm³/mol. The molecule has 0 atom stereocenters. The molecule has 0 bridgehead atoms. The molecule has 2 aromatic heterocycles. The number of anilines is 2. The molecule has 172 valence electrons. The van der Waals surface area contributed by atoms with Crippen LogP contribution in [0.4, 0.5) is 17.1 Å². The van der Waals surface area contributed by atoms with Crippen LogP contribution in [-0.2, 0) is 19.6 Å². The van der Waals surface area contributed by atoms with E-state index in [-0.39, 0.29) is 25.4 Å². The normalized spacial score (nSPS) is 11.1. The molecule has 0 unspecified atom stereocenters. The zero-order valence-corrected chi connectivity index (χ0v) is 18.1. The first-order valence-electron chi connectivity index (χ1n) is 10.5. The van der Waals surface area contributed by atoms with Gasteiger partial charge in [-0.05, 0) is 19.4 Å². The van der Waals surface area contributed by atoms with Crippen LogP contribution in [0.15, 0.2) is 27.8 Å². The fourth-order valence-electron chi connectivity index (χ4n) is 3.53. The molecule has 32 heavy (non-hydrogen) atoms. The summed E-state index contributed by atoms with van der Waals surface area (Å²) >= 11 is 0. The van der Waals surface area contributed by atoms with Crippen molar-refractivity contribution in [3.63, 3.8) is 0 Å². The van der Waals surface area contributed by atoms with E-state index in [0.29, 0.717) is 41.5 Å². The molecule has 0 radical (unpaired) electrons. The lowest BCUT2D eigenvalue weighted by Gasteiger charge is -2.13. The highest BCUT2D eigenvalue weighted by Crippen LogP contribution is 2.27. The number of nitrogens with one attached hydrogen (secondary N) is 3. The second-order valence-electron chi connectivity index (χ2n) is 7.20. The lowest BCUT2D eigenvalue weighted by atomic mass is 10.2. The number of unbranched alkanes of at least 4 members (excludes halogenated alkanes) is 1. The van der Waals surface area contributed by atoms with Gasteiger partial charge in [0.15, 0.2) is 11.2 Å².